The van der Waals surface area contributed by atoms with Crippen molar-refractivity contribution in [3.63, 3.8) is 0 Å². The van der Waals surface area contributed by atoms with Crippen molar-refractivity contribution < 1.29 is 14.3 Å². The van der Waals surface area contributed by atoms with Crippen LogP contribution in [0, 0.1) is 11.8 Å². The minimum absolute atomic E-state index is 0.213. The molecule has 0 aliphatic rings. The van der Waals surface area contributed by atoms with E-state index < -0.39 is 0 Å². The number of hydrogen-bond acceptors (Lipinski definition) is 3. The van der Waals surface area contributed by atoms with Crippen LogP contribution in [0.4, 0.5) is 0 Å². The first-order chi connectivity index (χ1) is 6.81. The van der Waals surface area contributed by atoms with E-state index in [1.54, 1.807) is 14.0 Å². The summed E-state index contributed by atoms with van der Waals surface area (Å²) in [4.78, 5) is 11.2. The number of ketones is 1. The maximum Gasteiger partial charge on any atom is 0.136 e. The van der Waals surface area contributed by atoms with Crippen molar-refractivity contribution in [3.8, 4) is 11.8 Å². The fraction of sp³-hybridized carbons (Fsp3) is 0.727. The summed E-state index contributed by atoms with van der Waals surface area (Å²) >= 11 is 0. The molecule has 0 saturated carbocycles. The lowest BCUT2D eigenvalue weighted by atomic mass is 10.2. The second kappa shape index (κ2) is 10.2. The van der Waals surface area contributed by atoms with Gasteiger partial charge in [0.1, 0.15) is 5.78 Å². The zero-order chi connectivity index (χ0) is 10.6. The highest BCUT2D eigenvalue weighted by Gasteiger charge is 1.99. The number of carbonyl (C=O) groups excluding carboxylic acids is 1. The molecule has 0 aromatic rings. The Kier molecular flexibility index (Phi) is 9.61. The second-order valence-electron chi connectivity index (χ2n) is 2.82. The van der Waals surface area contributed by atoms with Gasteiger partial charge in [-0.2, -0.15) is 0 Å². The fourth-order valence-electron chi connectivity index (χ4n) is 0.882. The fourth-order valence-corrected chi connectivity index (χ4v) is 0.882. The lowest BCUT2D eigenvalue weighted by Gasteiger charge is -2.01. The van der Waals surface area contributed by atoms with Gasteiger partial charge in [0, 0.05) is 26.4 Å². The largest absolute Gasteiger partial charge is 0.382 e. The molecule has 0 fully saturated rings. The number of hydrogen-bond donors (Lipinski definition) is 0. The van der Waals surface area contributed by atoms with E-state index >= 15 is 0 Å². The molecule has 0 aromatic carbocycles. The van der Waals surface area contributed by atoms with Crippen LogP contribution in [0.15, 0.2) is 0 Å². The van der Waals surface area contributed by atoms with Gasteiger partial charge in [0.15, 0.2) is 0 Å². The molecular formula is C11H18O3. The summed E-state index contributed by atoms with van der Waals surface area (Å²) < 4.78 is 9.97. The van der Waals surface area contributed by atoms with Crippen LogP contribution >= 0.6 is 0 Å². The van der Waals surface area contributed by atoms with Crippen LogP contribution in [-0.4, -0.2) is 32.7 Å². The predicted octanol–water partition coefficient (Wildman–Crippen LogP) is 1.41. The third-order valence-electron chi connectivity index (χ3n) is 1.66. The van der Waals surface area contributed by atoms with Crippen molar-refractivity contribution in [3.05, 3.63) is 0 Å². The molecule has 0 unspecified atom stereocenters. The molecule has 0 bridgehead atoms. The molecular weight excluding hydrogens is 180 g/mol. The Morgan fingerprint density at radius 3 is 2.64 bits per heavy atom. The predicted molar refractivity (Wildman–Crippen MR) is 55.0 cm³/mol. The Morgan fingerprint density at radius 1 is 1.21 bits per heavy atom. The van der Waals surface area contributed by atoms with E-state index in [0.717, 1.165) is 0 Å². The molecule has 3 nitrogen and oxygen atoms in total. The number of rotatable bonds is 8. The Morgan fingerprint density at radius 2 is 2.00 bits per heavy atom. The highest BCUT2D eigenvalue weighted by Crippen LogP contribution is 1.94. The third-order valence-corrected chi connectivity index (χ3v) is 1.66. The summed E-state index contributed by atoms with van der Waals surface area (Å²) in [7, 11) is 1.62. The summed E-state index contributed by atoms with van der Waals surface area (Å²) in [5, 5.41) is 0. The first-order valence-corrected chi connectivity index (χ1v) is 4.79. The first-order valence-electron chi connectivity index (χ1n) is 4.79. The van der Waals surface area contributed by atoms with Gasteiger partial charge >= 0.3 is 0 Å². The summed E-state index contributed by atoms with van der Waals surface area (Å²) in [6.45, 7) is 3.40. The summed E-state index contributed by atoms with van der Waals surface area (Å²) in [5.74, 6) is 5.83. The topological polar surface area (TPSA) is 35.5 Å². The zero-order valence-electron chi connectivity index (χ0n) is 8.97. The smallest absolute Gasteiger partial charge is 0.136 e. The minimum atomic E-state index is 0.213. The van der Waals surface area contributed by atoms with E-state index in [1.165, 1.54) is 0 Å². The van der Waals surface area contributed by atoms with E-state index in [9.17, 15) is 4.79 Å². The lowest BCUT2D eigenvalue weighted by Crippen LogP contribution is -2.07. The van der Waals surface area contributed by atoms with Crippen LogP contribution in [0.5, 0.6) is 0 Å². The van der Waals surface area contributed by atoms with Gasteiger partial charge in [-0.05, 0) is 6.92 Å². The van der Waals surface area contributed by atoms with Gasteiger partial charge in [0.05, 0.1) is 19.8 Å². The van der Waals surface area contributed by atoms with Crippen molar-refractivity contribution >= 4 is 5.78 Å². The summed E-state index contributed by atoms with van der Waals surface area (Å²) in [6, 6.07) is 0. The molecule has 0 heterocycles. The zero-order valence-corrected chi connectivity index (χ0v) is 8.97. The van der Waals surface area contributed by atoms with Crippen LogP contribution in [0.1, 0.15) is 26.2 Å². The Labute approximate surface area is 85.8 Å². The van der Waals surface area contributed by atoms with Gasteiger partial charge in [0.2, 0.25) is 0 Å². The maximum atomic E-state index is 11.2. The maximum absolute atomic E-state index is 11.2. The van der Waals surface area contributed by atoms with Crippen LogP contribution in [0.25, 0.3) is 0 Å². The normalized spacial score (nSPS) is 9.29. The first kappa shape index (κ1) is 13.2. The highest BCUT2D eigenvalue weighted by atomic mass is 16.5. The molecule has 0 amide bonds. The van der Waals surface area contributed by atoms with Crippen molar-refractivity contribution in [1.82, 2.24) is 0 Å². The quantitative estimate of drug-likeness (QED) is 0.437. The van der Waals surface area contributed by atoms with Crippen molar-refractivity contribution in [2.45, 2.75) is 26.2 Å². The van der Waals surface area contributed by atoms with E-state index in [2.05, 4.69) is 11.8 Å². The number of methoxy groups -OCH3 is 1. The van der Waals surface area contributed by atoms with Gasteiger partial charge in [0.25, 0.3) is 0 Å². The van der Waals surface area contributed by atoms with Crippen molar-refractivity contribution in [1.29, 1.82) is 0 Å². The van der Waals surface area contributed by atoms with E-state index in [4.69, 9.17) is 9.47 Å². The molecule has 0 saturated heterocycles. The molecule has 3 heteroatoms. The SMILES string of the molecule is CC#CCCC(=O)CCOCCOC. The molecule has 0 N–H and O–H groups in total. The Bertz CT molecular complexity index is 200. The van der Waals surface area contributed by atoms with Crippen LogP contribution in [-0.2, 0) is 14.3 Å². The summed E-state index contributed by atoms with van der Waals surface area (Å²) in [5.41, 5.74) is 0. The average molecular weight is 198 g/mol. The van der Waals surface area contributed by atoms with E-state index in [-0.39, 0.29) is 5.78 Å². The molecule has 14 heavy (non-hydrogen) atoms. The van der Waals surface area contributed by atoms with Gasteiger partial charge < -0.3 is 9.47 Å². The molecule has 0 aliphatic heterocycles. The lowest BCUT2D eigenvalue weighted by molar-refractivity contribution is -0.120. The van der Waals surface area contributed by atoms with Crippen LogP contribution in [0.2, 0.25) is 0 Å². The number of ether oxygens (including phenoxy) is 2. The van der Waals surface area contributed by atoms with Gasteiger partial charge in [-0.15, -0.1) is 11.8 Å². The minimum Gasteiger partial charge on any atom is -0.382 e. The molecule has 0 rings (SSSR count). The monoisotopic (exact) mass is 198 g/mol. The molecule has 0 spiro atoms. The van der Waals surface area contributed by atoms with Crippen LogP contribution < -0.4 is 0 Å². The third kappa shape index (κ3) is 9.24. The standard InChI is InChI=1S/C11H18O3/c1-3-4-5-6-11(12)7-8-14-10-9-13-2/h5-10H2,1-2H3. The molecule has 0 aromatic heterocycles. The van der Waals surface area contributed by atoms with Crippen LogP contribution in [0.3, 0.4) is 0 Å². The second-order valence-corrected chi connectivity index (χ2v) is 2.82. The Balaban J connectivity index is 3.21. The van der Waals surface area contributed by atoms with E-state index in [1.807, 2.05) is 0 Å². The van der Waals surface area contributed by atoms with Crippen molar-refractivity contribution in [2.75, 3.05) is 26.9 Å². The van der Waals surface area contributed by atoms with Crippen molar-refractivity contribution in [2.24, 2.45) is 0 Å². The molecule has 0 aliphatic carbocycles. The average Bonchev–Trinajstić information content (AvgIpc) is 2.18. The molecule has 80 valence electrons. The van der Waals surface area contributed by atoms with E-state index in [0.29, 0.717) is 39.1 Å². The molecule has 0 radical (unpaired) electrons. The van der Waals surface area contributed by atoms with Gasteiger partial charge in [-0.1, -0.05) is 0 Å². The highest BCUT2D eigenvalue weighted by molar-refractivity contribution is 5.78. The Hall–Kier alpha value is -0.850. The number of carbonyl (C=O) groups is 1. The van der Waals surface area contributed by atoms with Gasteiger partial charge in [-0.3, -0.25) is 4.79 Å². The van der Waals surface area contributed by atoms with Gasteiger partial charge in [-0.25, -0.2) is 0 Å². The summed E-state index contributed by atoms with van der Waals surface area (Å²) in [6.07, 6.45) is 1.68. The molecule has 0 atom stereocenters. The number of Topliss-reactive ketones (excluding diaryl/α,β-unsaturated/α-hetero) is 1.